The van der Waals surface area contributed by atoms with E-state index in [1.165, 1.54) is 88.6 Å². The van der Waals surface area contributed by atoms with Crippen molar-refractivity contribution in [1.29, 1.82) is 0 Å². The van der Waals surface area contributed by atoms with Crippen LogP contribution >= 0.6 is 34.0 Å². The molecular formula is C34H43FOS3. The Hall–Kier alpha value is -1.95. The van der Waals surface area contributed by atoms with Crippen LogP contribution < -0.4 is 4.74 Å². The lowest BCUT2D eigenvalue weighted by Gasteiger charge is -2.15. The molecule has 0 saturated heterocycles. The fraction of sp³-hybridized carbons (Fsp3) is 0.471. The fourth-order valence-corrected chi connectivity index (χ4v) is 8.07. The van der Waals surface area contributed by atoms with Gasteiger partial charge in [-0.1, -0.05) is 65.2 Å². The molecule has 0 bridgehead atoms. The first-order valence-corrected chi connectivity index (χ1v) is 17.3. The van der Waals surface area contributed by atoms with Gasteiger partial charge in [0.25, 0.3) is 0 Å². The van der Waals surface area contributed by atoms with Gasteiger partial charge in [-0.3, -0.25) is 0 Å². The molecule has 0 unspecified atom stereocenters. The van der Waals surface area contributed by atoms with Gasteiger partial charge in [0.05, 0.1) is 6.10 Å². The molecular weight excluding hydrogens is 540 g/mol. The van der Waals surface area contributed by atoms with Gasteiger partial charge >= 0.3 is 0 Å². The summed E-state index contributed by atoms with van der Waals surface area (Å²) in [6.45, 7) is 6.52. The van der Waals surface area contributed by atoms with E-state index >= 15 is 0 Å². The number of ether oxygens (including phenoxy) is 1. The second-order valence-electron chi connectivity index (χ2n) is 10.5. The Kier molecular flexibility index (Phi) is 12.1. The highest BCUT2D eigenvalue weighted by atomic mass is 32.1. The first-order chi connectivity index (χ1) is 19.1. The molecule has 1 aromatic carbocycles. The van der Waals surface area contributed by atoms with Crippen LogP contribution in [0.25, 0.3) is 29.9 Å². The van der Waals surface area contributed by atoms with Crippen molar-refractivity contribution in [3.05, 3.63) is 65.3 Å². The van der Waals surface area contributed by atoms with Gasteiger partial charge < -0.3 is 4.74 Å². The van der Waals surface area contributed by atoms with E-state index in [2.05, 4.69) is 50.2 Å². The van der Waals surface area contributed by atoms with E-state index in [1.807, 2.05) is 35.7 Å². The summed E-state index contributed by atoms with van der Waals surface area (Å²) in [4.78, 5) is 7.76. The van der Waals surface area contributed by atoms with Crippen molar-refractivity contribution in [3.63, 3.8) is 0 Å². The second-order valence-corrected chi connectivity index (χ2v) is 13.9. The number of halogens is 1. The number of hydrogen-bond acceptors (Lipinski definition) is 4. The minimum absolute atomic E-state index is 0.0264. The molecule has 3 heterocycles. The summed E-state index contributed by atoms with van der Waals surface area (Å²) in [5.41, 5.74) is 0.904. The monoisotopic (exact) mass is 582 g/mol. The van der Waals surface area contributed by atoms with Crippen molar-refractivity contribution in [2.75, 3.05) is 0 Å². The van der Waals surface area contributed by atoms with Gasteiger partial charge in [0.1, 0.15) is 0 Å². The average Bonchev–Trinajstić information content (AvgIpc) is 3.70. The number of hydrogen-bond donors (Lipinski definition) is 0. The van der Waals surface area contributed by atoms with E-state index in [1.54, 1.807) is 23.5 Å². The lowest BCUT2D eigenvalue weighted by Crippen LogP contribution is -2.12. The molecule has 0 radical (unpaired) electrons. The van der Waals surface area contributed by atoms with Crippen LogP contribution in [0.15, 0.2) is 54.6 Å². The van der Waals surface area contributed by atoms with Crippen LogP contribution in [0.2, 0.25) is 0 Å². The maximum atomic E-state index is 14.9. The van der Waals surface area contributed by atoms with Crippen molar-refractivity contribution in [1.82, 2.24) is 0 Å². The van der Waals surface area contributed by atoms with E-state index in [-0.39, 0.29) is 11.9 Å². The largest absolute Gasteiger partial charge is 0.488 e. The maximum Gasteiger partial charge on any atom is 0.165 e. The molecule has 4 rings (SSSR count). The zero-order valence-corrected chi connectivity index (χ0v) is 26.2. The van der Waals surface area contributed by atoms with Gasteiger partial charge in [-0.2, -0.15) is 0 Å². The van der Waals surface area contributed by atoms with Gasteiger partial charge in [0.2, 0.25) is 0 Å². The van der Waals surface area contributed by atoms with Crippen LogP contribution in [0.3, 0.4) is 0 Å². The van der Waals surface area contributed by atoms with Gasteiger partial charge in [-0.05, 0) is 92.8 Å². The lowest BCUT2D eigenvalue weighted by molar-refractivity contribution is 0.197. The SMILES string of the molecule is CCCCCCCCc1ccc(-c2ccc(-c3ccc(-c4ccc(O[C@H](C)CCCCCC)c(F)c4)s3)s2)s1. The molecule has 210 valence electrons. The molecule has 0 N–H and O–H groups in total. The van der Waals surface area contributed by atoms with Crippen molar-refractivity contribution >= 4 is 34.0 Å². The Bertz CT molecular complexity index is 1270. The highest BCUT2D eigenvalue weighted by Gasteiger charge is 2.14. The Morgan fingerprint density at radius 1 is 0.641 bits per heavy atom. The Balaban J connectivity index is 1.33. The van der Waals surface area contributed by atoms with E-state index < -0.39 is 0 Å². The summed E-state index contributed by atoms with van der Waals surface area (Å²) in [7, 11) is 0. The summed E-state index contributed by atoms with van der Waals surface area (Å²) in [5.74, 6) is 0.0731. The first kappa shape index (κ1) is 30.0. The number of aryl methyl sites for hydroxylation is 1. The van der Waals surface area contributed by atoms with Crippen molar-refractivity contribution < 1.29 is 9.13 Å². The van der Waals surface area contributed by atoms with E-state index in [9.17, 15) is 4.39 Å². The zero-order chi connectivity index (χ0) is 27.5. The summed E-state index contributed by atoms with van der Waals surface area (Å²) in [6, 6.07) is 18.7. The molecule has 0 aliphatic heterocycles. The van der Waals surface area contributed by atoms with Crippen LogP contribution in [-0.4, -0.2) is 6.10 Å². The molecule has 1 nitrogen and oxygen atoms in total. The van der Waals surface area contributed by atoms with Crippen LogP contribution in [0, 0.1) is 5.82 Å². The average molecular weight is 583 g/mol. The standard InChI is InChI=1S/C34H43FOS3/c1-4-6-8-10-11-13-15-27-17-19-31(37-27)32-22-23-34(39-32)33-21-20-30(38-33)26-16-18-29(28(35)24-26)36-25(3)14-12-9-7-5-2/h16-25H,4-15H2,1-3H3/t25-/m1/s1. The normalized spacial score (nSPS) is 12.2. The van der Waals surface area contributed by atoms with Gasteiger partial charge in [-0.25, -0.2) is 4.39 Å². The third kappa shape index (κ3) is 9.03. The molecule has 0 amide bonds. The summed E-state index contributed by atoms with van der Waals surface area (Å²) < 4.78 is 20.8. The smallest absolute Gasteiger partial charge is 0.165 e. The number of rotatable bonds is 17. The van der Waals surface area contributed by atoms with Crippen molar-refractivity contribution in [2.45, 2.75) is 104 Å². The van der Waals surface area contributed by atoms with Gasteiger partial charge in [0, 0.05) is 29.3 Å². The van der Waals surface area contributed by atoms with E-state index in [0.717, 1.165) is 23.3 Å². The number of unbranched alkanes of at least 4 members (excludes halogenated alkanes) is 8. The minimum Gasteiger partial charge on any atom is -0.488 e. The van der Waals surface area contributed by atoms with E-state index in [0.29, 0.717) is 5.75 Å². The van der Waals surface area contributed by atoms with Crippen LogP contribution in [-0.2, 0) is 6.42 Å². The molecule has 4 aromatic rings. The Labute approximate surface area is 247 Å². The Morgan fingerprint density at radius 2 is 1.21 bits per heavy atom. The summed E-state index contributed by atoms with van der Waals surface area (Å²) >= 11 is 5.51. The van der Waals surface area contributed by atoms with Crippen molar-refractivity contribution in [3.8, 4) is 35.7 Å². The molecule has 3 aromatic heterocycles. The molecule has 0 fully saturated rings. The molecule has 0 spiro atoms. The third-order valence-electron chi connectivity index (χ3n) is 7.14. The quantitative estimate of drug-likeness (QED) is 0.113. The molecule has 0 aliphatic carbocycles. The predicted molar refractivity (Wildman–Crippen MR) is 172 cm³/mol. The fourth-order valence-electron chi connectivity index (χ4n) is 4.84. The lowest BCUT2D eigenvalue weighted by atomic mass is 10.1. The molecule has 0 saturated carbocycles. The molecule has 39 heavy (non-hydrogen) atoms. The molecule has 5 heteroatoms. The highest BCUT2D eigenvalue weighted by Crippen LogP contribution is 2.42. The maximum absolute atomic E-state index is 14.9. The molecule has 0 aliphatic rings. The number of thiophene rings is 3. The summed E-state index contributed by atoms with van der Waals surface area (Å²) in [6.07, 6.45) is 15.1. The minimum atomic E-state index is -0.282. The van der Waals surface area contributed by atoms with Gasteiger partial charge in [-0.15, -0.1) is 34.0 Å². The van der Waals surface area contributed by atoms with Crippen LogP contribution in [0.1, 0.15) is 96.3 Å². The third-order valence-corrected chi connectivity index (χ3v) is 10.9. The predicted octanol–water partition coefficient (Wildman–Crippen LogP) is 12.7. The second kappa shape index (κ2) is 15.7. The zero-order valence-electron chi connectivity index (χ0n) is 23.8. The van der Waals surface area contributed by atoms with Crippen LogP contribution in [0.5, 0.6) is 5.75 Å². The van der Waals surface area contributed by atoms with E-state index in [4.69, 9.17) is 4.74 Å². The Morgan fingerprint density at radius 3 is 1.90 bits per heavy atom. The molecule has 1 atom stereocenters. The van der Waals surface area contributed by atoms with Gasteiger partial charge in [0.15, 0.2) is 11.6 Å². The van der Waals surface area contributed by atoms with Crippen LogP contribution in [0.4, 0.5) is 4.39 Å². The highest BCUT2D eigenvalue weighted by molar-refractivity contribution is 7.27. The summed E-state index contributed by atoms with van der Waals surface area (Å²) in [5, 5.41) is 0. The van der Waals surface area contributed by atoms with Crippen molar-refractivity contribution in [2.24, 2.45) is 0 Å². The number of benzene rings is 1. The topological polar surface area (TPSA) is 9.23 Å². The first-order valence-electron chi connectivity index (χ1n) is 14.8.